The van der Waals surface area contributed by atoms with E-state index in [1.54, 1.807) is 6.08 Å². The first kappa shape index (κ1) is 8.72. The Morgan fingerprint density at radius 3 is 2.73 bits per heavy atom. The lowest BCUT2D eigenvalue weighted by atomic mass is 9.94. The topological polar surface area (TPSA) is 12.0 Å². The minimum atomic E-state index is -1.07. The van der Waals surface area contributed by atoms with Crippen molar-refractivity contribution in [2.75, 3.05) is 13.1 Å². The number of hydrogen-bond donors (Lipinski definition) is 1. The molecule has 1 rings (SSSR count). The highest BCUT2D eigenvalue weighted by Gasteiger charge is 2.28. The van der Waals surface area contributed by atoms with E-state index < -0.39 is 5.67 Å². The molecule has 1 saturated heterocycles. The van der Waals surface area contributed by atoms with Crippen LogP contribution in [0.25, 0.3) is 0 Å². The van der Waals surface area contributed by atoms with Gasteiger partial charge in [0.05, 0.1) is 0 Å². The zero-order chi connectivity index (χ0) is 8.32. The van der Waals surface area contributed by atoms with Crippen LogP contribution in [0.2, 0.25) is 0 Å². The SMILES string of the molecule is CC(C)=CC1(F)CCCNC1. The Kier molecular flexibility index (Phi) is 2.66. The smallest absolute Gasteiger partial charge is 0.141 e. The molecule has 1 aliphatic rings. The molecular weight excluding hydrogens is 141 g/mol. The lowest BCUT2D eigenvalue weighted by molar-refractivity contribution is 0.178. The van der Waals surface area contributed by atoms with Crippen LogP contribution < -0.4 is 5.32 Å². The monoisotopic (exact) mass is 157 g/mol. The van der Waals surface area contributed by atoms with Crippen LogP contribution in [0.1, 0.15) is 26.7 Å². The van der Waals surface area contributed by atoms with Crippen molar-refractivity contribution in [1.82, 2.24) is 5.32 Å². The summed E-state index contributed by atoms with van der Waals surface area (Å²) in [5.41, 5.74) is -0.00641. The second-order valence-electron chi connectivity index (χ2n) is 3.54. The predicted octanol–water partition coefficient (Wildman–Crippen LogP) is 2.04. The molecule has 1 fully saturated rings. The molecule has 0 bridgehead atoms. The molecule has 0 amide bonds. The van der Waals surface area contributed by atoms with E-state index in [0.29, 0.717) is 13.0 Å². The van der Waals surface area contributed by atoms with Crippen molar-refractivity contribution in [3.8, 4) is 0 Å². The number of alkyl halides is 1. The summed E-state index contributed by atoms with van der Waals surface area (Å²) in [4.78, 5) is 0. The second kappa shape index (κ2) is 3.35. The Morgan fingerprint density at radius 2 is 2.27 bits per heavy atom. The summed E-state index contributed by atoms with van der Waals surface area (Å²) in [5, 5.41) is 3.06. The van der Waals surface area contributed by atoms with Crippen molar-refractivity contribution in [2.45, 2.75) is 32.4 Å². The van der Waals surface area contributed by atoms with Crippen molar-refractivity contribution < 1.29 is 4.39 Å². The highest BCUT2D eigenvalue weighted by Crippen LogP contribution is 2.23. The van der Waals surface area contributed by atoms with E-state index in [2.05, 4.69) is 5.32 Å². The maximum absolute atomic E-state index is 13.7. The lowest BCUT2D eigenvalue weighted by Crippen LogP contribution is -2.40. The molecule has 1 aliphatic heterocycles. The molecule has 1 N–H and O–H groups in total. The van der Waals surface area contributed by atoms with Gasteiger partial charge < -0.3 is 5.32 Å². The average molecular weight is 157 g/mol. The van der Waals surface area contributed by atoms with Gasteiger partial charge in [-0.05, 0) is 39.3 Å². The highest BCUT2D eigenvalue weighted by atomic mass is 19.1. The third-order valence-electron chi connectivity index (χ3n) is 1.91. The molecule has 1 nitrogen and oxygen atoms in total. The summed E-state index contributed by atoms with van der Waals surface area (Å²) in [6.45, 7) is 5.33. The van der Waals surface area contributed by atoms with Gasteiger partial charge in [0.15, 0.2) is 0 Å². The molecule has 1 atom stereocenters. The summed E-state index contributed by atoms with van der Waals surface area (Å²) in [6, 6.07) is 0. The lowest BCUT2D eigenvalue weighted by Gasteiger charge is -2.27. The van der Waals surface area contributed by atoms with Crippen LogP contribution in [-0.2, 0) is 0 Å². The van der Waals surface area contributed by atoms with Crippen LogP contribution in [-0.4, -0.2) is 18.8 Å². The molecule has 1 heterocycles. The number of hydrogen-bond acceptors (Lipinski definition) is 1. The quantitative estimate of drug-likeness (QED) is 0.574. The zero-order valence-electron chi connectivity index (χ0n) is 7.28. The fraction of sp³-hybridized carbons (Fsp3) is 0.778. The second-order valence-corrected chi connectivity index (χ2v) is 3.54. The van der Waals surface area contributed by atoms with Gasteiger partial charge in [0.2, 0.25) is 0 Å². The first-order chi connectivity index (χ1) is 5.12. The summed E-state index contributed by atoms with van der Waals surface area (Å²) >= 11 is 0. The van der Waals surface area contributed by atoms with Gasteiger partial charge >= 0.3 is 0 Å². The molecule has 2 heteroatoms. The zero-order valence-corrected chi connectivity index (χ0v) is 7.28. The maximum Gasteiger partial charge on any atom is 0.141 e. The largest absolute Gasteiger partial charge is 0.313 e. The van der Waals surface area contributed by atoms with Gasteiger partial charge in [-0.25, -0.2) is 4.39 Å². The van der Waals surface area contributed by atoms with Crippen molar-refractivity contribution in [2.24, 2.45) is 0 Å². The van der Waals surface area contributed by atoms with Crippen LogP contribution in [0.15, 0.2) is 11.6 Å². The van der Waals surface area contributed by atoms with E-state index in [-0.39, 0.29) is 0 Å². The van der Waals surface area contributed by atoms with Crippen LogP contribution in [0.5, 0.6) is 0 Å². The molecule has 0 spiro atoms. The average Bonchev–Trinajstić information content (AvgIpc) is 1.85. The fourth-order valence-electron chi connectivity index (χ4n) is 1.53. The molecule has 0 aromatic carbocycles. The van der Waals surface area contributed by atoms with Gasteiger partial charge in [0.1, 0.15) is 5.67 Å². The highest BCUT2D eigenvalue weighted by molar-refractivity contribution is 5.09. The van der Waals surface area contributed by atoms with E-state index in [0.717, 1.165) is 18.5 Å². The number of nitrogens with one attached hydrogen (secondary N) is 1. The first-order valence-electron chi connectivity index (χ1n) is 4.18. The first-order valence-corrected chi connectivity index (χ1v) is 4.18. The predicted molar refractivity (Wildman–Crippen MR) is 45.4 cm³/mol. The molecule has 11 heavy (non-hydrogen) atoms. The number of halogens is 1. The molecule has 0 radical (unpaired) electrons. The molecular formula is C9H16FN. The van der Waals surface area contributed by atoms with Gasteiger partial charge in [-0.15, -0.1) is 0 Å². The maximum atomic E-state index is 13.7. The minimum Gasteiger partial charge on any atom is -0.313 e. The van der Waals surface area contributed by atoms with E-state index in [1.165, 1.54) is 0 Å². The third kappa shape index (κ3) is 2.62. The summed E-state index contributed by atoms with van der Waals surface area (Å²) in [6.07, 6.45) is 3.35. The number of allylic oxidation sites excluding steroid dienone is 1. The minimum absolute atomic E-state index is 0.484. The van der Waals surface area contributed by atoms with Crippen molar-refractivity contribution in [3.05, 3.63) is 11.6 Å². The Morgan fingerprint density at radius 1 is 1.55 bits per heavy atom. The molecule has 0 saturated carbocycles. The number of rotatable bonds is 1. The van der Waals surface area contributed by atoms with E-state index in [1.807, 2.05) is 13.8 Å². The van der Waals surface area contributed by atoms with Crippen LogP contribution in [0.3, 0.4) is 0 Å². The number of piperidine rings is 1. The summed E-state index contributed by atoms with van der Waals surface area (Å²) in [7, 11) is 0. The van der Waals surface area contributed by atoms with Crippen LogP contribution >= 0.6 is 0 Å². The van der Waals surface area contributed by atoms with Gasteiger partial charge in [-0.1, -0.05) is 5.57 Å². The standard InChI is InChI=1S/C9H16FN/c1-8(2)6-9(10)4-3-5-11-7-9/h6,11H,3-5,7H2,1-2H3. The van der Waals surface area contributed by atoms with E-state index in [9.17, 15) is 4.39 Å². The van der Waals surface area contributed by atoms with Crippen LogP contribution in [0.4, 0.5) is 4.39 Å². The Hall–Kier alpha value is -0.370. The van der Waals surface area contributed by atoms with E-state index in [4.69, 9.17) is 0 Å². The van der Waals surface area contributed by atoms with Gasteiger partial charge in [0.25, 0.3) is 0 Å². The molecule has 1 unspecified atom stereocenters. The summed E-state index contributed by atoms with van der Waals surface area (Å²) in [5.74, 6) is 0. The molecule has 0 aromatic rings. The van der Waals surface area contributed by atoms with Crippen molar-refractivity contribution in [3.63, 3.8) is 0 Å². The van der Waals surface area contributed by atoms with Crippen molar-refractivity contribution >= 4 is 0 Å². The Balaban J connectivity index is 2.57. The molecule has 0 aromatic heterocycles. The Labute approximate surface area is 67.7 Å². The van der Waals surface area contributed by atoms with Gasteiger partial charge in [0, 0.05) is 6.54 Å². The Bertz CT molecular complexity index is 153. The normalized spacial score (nSPS) is 31.5. The summed E-state index contributed by atoms with van der Waals surface area (Å²) < 4.78 is 13.7. The van der Waals surface area contributed by atoms with Gasteiger partial charge in [-0.2, -0.15) is 0 Å². The van der Waals surface area contributed by atoms with E-state index >= 15 is 0 Å². The molecule has 64 valence electrons. The van der Waals surface area contributed by atoms with Crippen molar-refractivity contribution in [1.29, 1.82) is 0 Å². The van der Waals surface area contributed by atoms with Crippen LogP contribution in [0, 0.1) is 0 Å². The molecule has 0 aliphatic carbocycles. The fourth-order valence-corrected chi connectivity index (χ4v) is 1.53. The van der Waals surface area contributed by atoms with Gasteiger partial charge in [-0.3, -0.25) is 0 Å². The third-order valence-corrected chi connectivity index (χ3v) is 1.91.